The lowest BCUT2D eigenvalue weighted by molar-refractivity contribution is 1.07. The Balaban J connectivity index is 2.59. The zero-order chi connectivity index (χ0) is 12.3. The Hall–Kier alpha value is -1.57. The van der Waals surface area contributed by atoms with Crippen molar-refractivity contribution >= 4 is 29.1 Å². The van der Waals surface area contributed by atoms with E-state index in [1.165, 1.54) is 11.8 Å². The fourth-order valence-corrected chi connectivity index (χ4v) is 2.14. The smallest absolute Gasteiger partial charge is 0.234 e. The van der Waals surface area contributed by atoms with Crippen LogP contribution < -0.4 is 0 Å². The number of hydrogen-bond donors (Lipinski definition) is 0. The molecule has 0 N–H and O–H groups in total. The van der Waals surface area contributed by atoms with Crippen LogP contribution in [0.5, 0.6) is 0 Å². The fraction of sp³-hybridized carbons (Fsp3) is 0.0833. The molecule has 0 amide bonds. The minimum Gasteiger partial charge on any atom is -0.234 e. The molecule has 5 heteroatoms. The highest BCUT2D eigenvalue weighted by Crippen LogP contribution is 2.34. The van der Waals surface area contributed by atoms with Gasteiger partial charge in [-0.15, -0.1) is 11.8 Å². The van der Waals surface area contributed by atoms with Gasteiger partial charge in [0.25, 0.3) is 5.69 Å². The Morgan fingerprint density at radius 1 is 1.24 bits per heavy atom. The van der Waals surface area contributed by atoms with Gasteiger partial charge in [0.15, 0.2) is 5.82 Å². The highest BCUT2D eigenvalue weighted by Gasteiger charge is 2.13. The minimum atomic E-state index is 0.207. The molecule has 0 atom stereocenters. The normalized spacial score (nSPS) is 9.94. The van der Waals surface area contributed by atoms with Gasteiger partial charge in [-0.2, -0.15) is 0 Å². The molecule has 0 aliphatic heterocycles. The van der Waals surface area contributed by atoms with Gasteiger partial charge >= 0.3 is 0 Å². The lowest BCUT2D eigenvalue weighted by Crippen LogP contribution is -1.92. The van der Waals surface area contributed by atoms with Crippen molar-refractivity contribution in [3.8, 4) is 11.4 Å². The summed E-state index contributed by atoms with van der Waals surface area (Å²) < 4.78 is 0. The quantitative estimate of drug-likeness (QED) is 0.464. The maximum Gasteiger partial charge on any atom is 0.255 e. The molecular formula is C12H8ClN3S. The number of nitrogens with zero attached hydrogens (tertiary/aromatic N) is 3. The summed E-state index contributed by atoms with van der Waals surface area (Å²) in [5.41, 5.74) is 1.21. The van der Waals surface area contributed by atoms with Gasteiger partial charge in [-0.1, -0.05) is 41.9 Å². The molecular weight excluding hydrogens is 254 g/mol. The number of thioether (sulfide) groups is 1. The molecule has 0 bridgehead atoms. The van der Waals surface area contributed by atoms with Crippen molar-refractivity contribution in [2.75, 3.05) is 6.26 Å². The molecule has 3 nitrogen and oxygen atoms in total. The van der Waals surface area contributed by atoms with E-state index >= 15 is 0 Å². The molecule has 0 fully saturated rings. The molecule has 84 valence electrons. The average molecular weight is 262 g/mol. The summed E-state index contributed by atoms with van der Waals surface area (Å²) in [5, 5.41) is 0.817. The SMILES string of the molecule is [C-]#[N+]c1c(Cl)nc(-c2ccccc2)nc1SC. The van der Waals surface area contributed by atoms with Gasteiger partial charge in [-0.3, -0.25) is 0 Å². The third-order valence-electron chi connectivity index (χ3n) is 2.15. The predicted octanol–water partition coefficient (Wildman–Crippen LogP) is 4.07. The summed E-state index contributed by atoms with van der Waals surface area (Å²) in [5.74, 6) is 0.548. The minimum absolute atomic E-state index is 0.207. The third-order valence-corrected chi connectivity index (χ3v) is 3.08. The van der Waals surface area contributed by atoms with Gasteiger partial charge in [-0.25, -0.2) is 14.8 Å². The number of hydrogen-bond acceptors (Lipinski definition) is 3. The summed E-state index contributed by atoms with van der Waals surface area (Å²) in [6.45, 7) is 7.05. The van der Waals surface area contributed by atoms with Gasteiger partial charge in [0, 0.05) is 5.56 Å². The summed E-state index contributed by atoms with van der Waals surface area (Å²) in [6, 6.07) is 9.57. The second-order valence-electron chi connectivity index (χ2n) is 3.17. The van der Waals surface area contributed by atoms with Crippen LogP contribution in [-0.4, -0.2) is 16.2 Å². The van der Waals surface area contributed by atoms with Crippen LogP contribution in [0.4, 0.5) is 5.69 Å². The Bertz CT molecular complexity index is 578. The van der Waals surface area contributed by atoms with Crippen LogP contribution in [-0.2, 0) is 0 Å². The molecule has 0 unspecified atom stereocenters. The molecule has 0 saturated carbocycles. The molecule has 1 heterocycles. The lowest BCUT2D eigenvalue weighted by atomic mass is 10.2. The highest BCUT2D eigenvalue weighted by atomic mass is 35.5. The average Bonchev–Trinajstić information content (AvgIpc) is 2.38. The van der Waals surface area contributed by atoms with E-state index in [0.717, 1.165) is 5.56 Å². The Morgan fingerprint density at radius 3 is 2.53 bits per heavy atom. The van der Waals surface area contributed by atoms with Gasteiger partial charge in [0.2, 0.25) is 0 Å². The first-order valence-electron chi connectivity index (χ1n) is 4.80. The fourth-order valence-electron chi connectivity index (χ4n) is 1.36. The van der Waals surface area contributed by atoms with Gasteiger partial charge in [-0.05, 0) is 6.26 Å². The topological polar surface area (TPSA) is 30.1 Å². The molecule has 0 saturated heterocycles. The summed E-state index contributed by atoms with van der Waals surface area (Å²) in [4.78, 5) is 11.8. The Kier molecular flexibility index (Phi) is 3.62. The molecule has 0 spiro atoms. The maximum atomic E-state index is 7.05. The molecule has 0 aliphatic rings. The van der Waals surface area contributed by atoms with Gasteiger partial charge in [0.05, 0.1) is 6.57 Å². The van der Waals surface area contributed by atoms with Crippen molar-refractivity contribution in [3.63, 3.8) is 0 Å². The van der Waals surface area contributed by atoms with Crippen LogP contribution in [0, 0.1) is 6.57 Å². The molecule has 1 aromatic heterocycles. The van der Waals surface area contributed by atoms with E-state index in [9.17, 15) is 0 Å². The first kappa shape index (κ1) is 11.9. The van der Waals surface area contributed by atoms with Crippen molar-refractivity contribution in [2.45, 2.75) is 5.03 Å². The van der Waals surface area contributed by atoms with E-state index in [-0.39, 0.29) is 5.15 Å². The molecule has 2 aromatic rings. The largest absolute Gasteiger partial charge is 0.255 e. The number of benzene rings is 1. The van der Waals surface area contributed by atoms with Crippen molar-refractivity contribution in [1.82, 2.24) is 9.97 Å². The van der Waals surface area contributed by atoms with E-state index in [1.54, 1.807) is 0 Å². The second-order valence-corrected chi connectivity index (χ2v) is 4.33. The molecule has 1 aromatic carbocycles. The van der Waals surface area contributed by atoms with Crippen LogP contribution in [0.2, 0.25) is 5.15 Å². The number of halogens is 1. The monoisotopic (exact) mass is 261 g/mol. The maximum absolute atomic E-state index is 7.05. The van der Waals surface area contributed by atoms with Crippen LogP contribution in [0.1, 0.15) is 0 Å². The van der Waals surface area contributed by atoms with Crippen molar-refractivity contribution < 1.29 is 0 Å². The van der Waals surface area contributed by atoms with Gasteiger partial charge < -0.3 is 0 Å². The predicted molar refractivity (Wildman–Crippen MR) is 70.5 cm³/mol. The molecule has 0 radical (unpaired) electrons. The van der Waals surface area contributed by atoms with Crippen LogP contribution in [0.15, 0.2) is 35.4 Å². The summed E-state index contributed by atoms with van der Waals surface area (Å²) in [6.07, 6.45) is 1.86. The van der Waals surface area contributed by atoms with E-state index in [1.807, 2.05) is 36.6 Å². The lowest BCUT2D eigenvalue weighted by Gasteiger charge is -2.05. The third kappa shape index (κ3) is 2.41. The van der Waals surface area contributed by atoms with Crippen LogP contribution >= 0.6 is 23.4 Å². The van der Waals surface area contributed by atoms with E-state index in [4.69, 9.17) is 18.2 Å². The summed E-state index contributed by atoms with van der Waals surface area (Å²) in [7, 11) is 0. The summed E-state index contributed by atoms with van der Waals surface area (Å²) >= 11 is 7.38. The van der Waals surface area contributed by atoms with Crippen molar-refractivity contribution in [1.29, 1.82) is 0 Å². The van der Waals surface area contributed by atoms with Crippen LogP contribution in [0.3, 0.4) is 0 Å². The highest BCUT2D eigenvalue weighted by molar-refractivity contribution is 7.98. The van der Waals surface area contributed by atoms with E-state index in [2.05, 4.69) is 14.8 Å². The standard InChI is InChI=1S/C12H8ClN3S/c1-14-9-10(13)15-11(16-12(9)17-2)8-6-4-3-5-7-8/h3-7H,2H3. The van der Waals surface area contributed by atoms with Gasteiger partial charge in [0.1, 0.15) is 10.2 Å². The van der Waals surface area contributed by atoms with E-state index < -0.39 is 0 Å². The molecule has 17 heavy (non-hydrogen) atoms. The molecule has 2 rings (SSSR count). The number of aromatic nitrogens is 2. The van der Waals surface area contributed by atoms with Crippen LogP contribution in [0.25, 0.3) is 16.2 Å². The van der Waals surface area contributed by atoms with Crippen molar-refractivity contribution in [3.05, 3.63) is 46.9 Å². The molecule has 0 aliphatic carbocycles. The first-order chi connectivity index (χ1) is 8.26. The van der Waals surface area contributed by atoms with Crippen molar-refractivity contribution in [2.24, 2.45) is 0 Å². The zero-order valence-corrected chi connectivity index (χ0v) is 10.6. The van der Waals surface area contributed by atoms with E-state index in [0.29, 0.717) is 16.5 Å². The number of rotatable bonds is 2. The zero-order valence-electron chi connectivity index (χ0n) is 9.01. The Labute approximate surface area is 109 Å². The second kappa shape index (κ2) is 5.17. The first-order valence-corrected chi connectivity index (χ1v) is 6.41. The Morgan fingerprint density at radius 2 is 1.94 bits per heavy atom.